The van der Waals surface area contributed by atoms with Crippen molar-refractivity contribution in [2.45, 2.75) is 55.1 Å². The van der Waals surface area contributed by atoms with E-state index < -0.39 is 31.8 Å². The maximum Gasteiger partial charge on any atom is 0.156 e. The summed E-state index contributed by atoms with van der Waals surface area (Å²) in [5.74, 6) is -0.391. The number of aryl methyl sites for hydroxylation is 1. The Morgan fingerprint density at radius 2 is 1.85 bits per heavy atom. The molecule has 5 heteroatoms. The Morgan fingerprint density at radius 3 is 2.45 bits per heavy atom. The van der Waals surface area contributed by atoms with Crippen LogP contribution >= 0.6 is 0 Å². The van der Waals surface area contributed by atoms with Gasteiger partial charge in [-0.3, -0.25) is 0 Å². The van der Waals surface area contributed by atoms with Crippen LogP contribution in [0.15, 0.2) is 18.2 Å². The molecule has 2 fully saturated rings. The van der Waals surface area contributed by atoms with Crippen molar-refractivity contribution in [3.63, 3.8) is 0 Å². The summed E-state index contributed by atoms with van der Waals surface area (Å²) < 4.78 is 38.0. The van der Waals surface area contributed by atoms with Crippen LogP contribution in [0, 0.1) is 12.7 Å². The lowest BCUT2D eigenvalue weighted by Crippen LogP contribution is -2.50. The average Bonchev–Trinajstić information content (AvgIpc) is 2.34. The van der Waals surface area contributed by atoms with Crippen LogP contribution in [0.2, 0.25) is 0 Å². The maximum atomic E-state index is 13.5. The summed E-state index contributed by atoms with van der Waals surface area (Å²) in [5.41, 5.74) is 0.142. The van der Waals surface area contributed by atoms with Gasteiger partial charge in [0.25, 0.3) is 0 Å². The van der Waals surface area contributed by atoms with Crippen LogP contribution in [0.3, 0.4) is 0 Å². The number of hydrogen-bond acceptors (Lipinski definition) is 3. The summed E-state index contributed by atoms with van der Waals surface area (Å²) >= 11 is 0. The number of rotatable bonds is 1. The van der Waals surface area contributed by atoms with Crippen LogP contribution in [0.4, 0.5) is 4.39 Å². The first kappa shape index (κ1) is 14.0. The summed E-state index contributed by atoms with van der Waals surface area (Å²) in [7, 11) is -3.12. The lowest BCUT2D eigenvalue weighted by atomic mass is 9.79. The number of hydrogen-bond donors (Lipinski definition) is 1. The molecule has 1 N–H and O–H groups in total. The van der Waals surface area contributed by atoms with E-state index in [9.17, 15) is 17.9 Å². The van der Waals surface area contributed by atoms with Gasteiger partial charge in [-0.05, 0) is 55.9 Å². The predicted octanol–water partition coefficient (Wildman–Crippen LogP) is 2.45. The normalized spacial score (nSPS) is 35.8. The highest BCUT2D eigenvalue weighted by Crippen LogP contribution is 2.46. The van der Waals surface area contributed by atoms with Crippen molar-refractivity contribution >= 4 is 9.84 Å². The van der Waals surface area contributed by atoms with Gasteiger partial charge in [0.2, 0.25) is 0 Å². The number of benzene rings is 1. The molecule has 2 unspecified atom stereocenters. The standard InChI is InChI=1S/C15H19FO3S/c1-10-5-6-11(16)7-14(10)15(17)8-12-3-2-4-13(9-15)20(12,18)19/h5-7,12-13,17H,2-4,8-9H2,1H3. The highest BCUT2D eigenvalue weighted by atomic mass is 32.2. The van der Waals surface area contributed by atoms with E-state index in [2.05, 4.69) is 0 Å². The molecule has 0 aliphatic carbocycles. The molecule has 0 spiro atoms. The second-order valence-electron chi connectivity index (χ2n) is 6.16. The summed E-state index contributed by atoms with van der Waals surface area (Å²) in [6, 6.07) is 4.35. The second-order valence-corrected chi connectivity index (χ2v) is 8.67. The molecule has 0 aromatic heterocycles. The molecule has 1 aromatic rings. The number of aliphatic hydroxyl groups is 1. The molecule has 20 heavy (non-hydrogen) atoms. The quantitative estimate of drug-likeness (QED) is 0.866. The van der Waals surface area contributed by atoms with Crippen molar-refractivity contribution in [3.05, 3.63) is 35.1 Å². The Balaban J connectivity index is 2.04. The van der Waals surface area contributed by atoms with Gasteiger partial charge in [0.1, 0.15) is 5.82 Å². The minimum absolute atomic E-state index is 0.191. The van der Waals surface area contributed by atoms with Crippen LogP contribution in [-0.2, 0) is 15.4 Å². The Kier molecular flexibility index (Phi) is 3.18. The van der Waals surface area contributed by atoms with E-state index >= 15 is 0 Å². The molecule has 110 valence electrons. The van der Waals surface area contributed by atoms with E-state index in [-0.39, 0.29) is 12.8 Å². The smallest absolute Gasteiger partial charge is 0.156 e. The van der Waals surface area contributed by atoms with Crippen molar-refractivity contribution in [3.8, 4) is 0 Å². The molecule has 2 saturated heterocycles. The largest absolute Gasteiger partial charge is 0.385 e. The first-order valence-corrected chi connectivity index (χ1v) is 8.65. The van der Waals surface area contributed by atoms with E-state index in [0.29, 0.717) is 18.4 Å². The van der Waals surface area contributed by atoms with E-state index in [0.717, 1.165) is 12.0 Å². The molecule has 0 saturated carbocycles. The molecule has 2 heterocycles. The molecular weight excluding hydrogens is 279 g/mol. The summed E-state index contributed by atoms with van der Waals surface area (Å²) in [6.45, 7) is 1.83. The summed E-state index contributed by atoms with van der Waals surface area (Å²) in [4.78, 5) is 0. The zero-order valence-electron chi connectivity index (χ0n) is 11.5. The minimum Gasteiger partial charge on any atom is -0.385 e. The van der Waals surface area contributed by atoms with E-state index in [1.807, 2.05) is 6.92 Å². The lowest BCUT2D eigenvalue weighted by Gasteiger charge is -2.44. The van der Waals surface area contributed by atoms with Gasteiger partial charge in [-0.2, -0.15) is 0 Å². The maximum absolute atomic E-state index is 13.5. The fourth-order valence-electron chi connectivity index (χ4n) is 3.76. The molecule has 2 aliphatic heterocycles. The molecule has 3 rings (SSSR count). The molecule has 2 bridgehead atoms. The lowest BCUT2D eigenvalue weighted by molar-refractivity contribution is 0.00419. The molecule has 0 radical (unpaired) electrons. The number of fused-ring (bicyclic) bond motifs is 2. The molecule has 2 aliphatic rings. The second kappa shape index (κ2) is 4.53. The molecular formula is C15H19FO3S. The highest BCUT2D eigenvalue weighted by molar-refractivity contribution is 7.92. The van der Waals surface area contributed by atoms with Crippen LogP contribution in [0.1, 0.15) is 43.2 Å². The van der Waals surface area contributed by atoms with Gasteiger partial charge in [0.15, 0.2) is 9.84 Å². The monoisotopic (exact) mass is 298 g/mol. The summed E-state index contributed by atoms with van der Waals surface area (Å²) in [6.07, 6.45) is 2.49. The van der Waals surface area contributed by atoms with Gasteiger partial charge in [-0.1, -0.05) is 12.5 Å². The fourth-order valence-corrected chi connectivity index (χ4v) is 6.31. The van der Waals surface area contributed by atoms with E-state index in [1.165, 1.54) is 12.1 Å². The molecule has 2 atom stereocenters. The highest BCUT2D eigenvalue weighted by Gasteiger charge is 2.51. The Labute approximate surface area is 118 Å². The zero-order chi connectivity index (χ0) is 14.5. The van der Waals surface area contributed by atoms with Gasteiger partial charge in [-0.15, -0.1) is 0 Å². The first-order valence-electron chi connectivity index (χ1n) is 7.05. The van der Waals surface area contributed by atoms with Crippen molar-refractivity contribution in [1.82, 2.24) is 0 Å². The number of sulfone groups is 1. The van der Waals surface area contributed by atoms with Crippen molar-refractivity contribution in [2.75, 3.05) is 0 Å². The van der Waals surface area contributed by atoms with Gasteiger partial charge in [0, 0.05) is 0 Å². The third-order valence-electron chi connectivity index (χ3n) is 4.81. The Morgan fingerprint density at radius 1 is 1.25 bits per heavy atom. The van der Waals surface area contributed by atoms with Gasteiger partial charge < -0.3 is 5.11 Å². The van der Waals surface area contributed by atoms with Crippen LogP contribution in [-0.4, -0.2) is 24.0 Å². The molecule has 0 amide bonds. The Hall–Kier alpha value is -0.940. The molecule has 3 nitrogen and oxygen atoms in total. The minimum atomic E-state index is -3.12. The topological polar surface area (TPSA) is 54.4 Å². The predicted molar refractivity (Wildman–Crippen MR) is 74.6 cm³/mol. The van der Waals surface area contributed by atoms with Crippen molar-refractivity contribution < 1.29 is 17.9 Å². The van der Waals surface area contributed by atoms with Crippen LogP contribution in [0.25, 0.3) is 0 Å². The van der Waals surface area contributed by atoms with Gasteiger partial charge in [-0.25, -0.2) is 12.8 Å². The van der Waals surface area contributed by atoms with Gasteiger partial charge in [0.05, 0.1) is 16.1 Å². The van der Waals surface area contributed by atoms with Crippen molar-refractivity contribution in [1.29, 1.82) is 0 Å². The fraction of sp³-hybridized carbons (Fsp3) is 0.600. The van der Waals surface area contributed by atoms with Gasteiger partial charge >= 0.3 is 0 Å². The van der Waals surface area contributed by atoms with Crippen LogP contribution < -0.4 is 0 Å². The average molecular weight is 298 g/mol. The summed E-state index contributed by atoms with van der Waals surface area (Å²) in [5, 5.41) is 9.99. The van der Waals surface area contributed by atoms with Crippen LogP contribution in [0.5, 0.6) is 0 Å². The SMILES string of the molecule is Cc1ccc(F)cc1C1(O)CC2CCCC(C1)S2(=O)=O. The third-order valence-corrected chi connectivity index (χ3v) is 7.48. The zero-order valence-corrected chi connectivity index (χ0v) is 12.3. The van der Waals surface area contributed by atoms with E-state index in [1.54, 1.807) is 6.07 Å². The first-order chi connectivity index (χ1) is 9.33. The van der Waals surface area contributed by atoms with Crippen molar-refractivity contribution in [2.24, 2.45) is 0 Å². The Bertz CT molecular complexity index is 619. The third kappa shape index (κ3) is 2.07. The molecule has 1 aromatic carbocycles. The number of halogens is 1. The van der Waals surface area contributed by atoms with E-state index in [4.69, 9.17) is 0 Å².